The van der Waals surface area contributed by atoms with E-state index in [0.29, 0.717) is 18.4 Å². The molecule has 112 valence electrons. The van der Waals surface area contributed by atoms with Crippen LogP contribution in [0, 0.1) is 17.6 Å². The van der Waals surface area contributed by atoms with Gasteiger partial charge >= 0.3 is 0 Å². The van der Waals surface area contributed by atoms with Crippen LogP contribution in [0.2, 0.25) is 0 Å². The van der Waals surface area contributed by atoms with Gasteiger partial charge in [-0.1, -0.05) is 26.0 Å². The maximum absolute atomic E-state index is 13.7. The summed E-state index contributed by atoms with van der Waals surface area (Å²) in [5.41, 5.74) is 6.31. The fourth-order valence-electron chi connectivity index (χ4n) is 3.15. The van der Waals surface area contributed by atoms with E-state index in [-0.39, 0.29) is 5.56 Å². The number of benzene rings is 1. The lowest BCUT2D eigenvalue weighted by Crippen LogP contribution is -2.35. The number of nitrogens with zero attached hydrogens (tertiary/aromatic N) is 1. The van der Waals surface area contributed by atoms with Gasteiger partial charge in [-0.3, -0.25) is 0 Å². The highest BCUT2D eigenvalue weighted by Gasteiger charge is 2.27. The van der Waals surface area contributed by atoms with Gasteiger partial charge in [-0.2, -0.15) is 0 Å². The van der Waals surface area contributed by atoms with E-state index in [1.807, 2.05) is 0 Å². The van der Waals surface area contributed by atoms with Gasteiger partial charge in [0.1, 0.15) is 0 Å². The van der Waals surface area contributed by atoms with E-state index in [1.54, 1.807) is 6.07 Å². The summed E-state index contributed by atoms with van der Waals surface area (Å²) in [6, 6.07) is 4.37. The van der Waals surface area contributed by atoms with Crippen LogP contribution in [0.25, 0.3) is 0 Å². The Morgan fingerprint density at radius 2 is 2.10 bits per heavy atom. The summed E-state index contributed by atoms with van der Waals surface area (Å²) in [5.74, 6) is -0.999. The predicted molar refractivity (Wildman–Crippen MR) is 77.3 cm³/mol. The summed E-state index contributed by atoms with van der Waals surface area (Å²) in [7, 11) is 0. The van der Waals surface area contributed by atoms with Crippen LogP contribution in [0.1, 0.15) is 44.7 Å². The topological polar surface area (TPSA) is 29.3 Å². The zero-order valence-corrected chi connectivity index (χ0v) is 12.3. The number of rotatable bonds is 5. The van der Waals surface area contributed by atoms with Crippen molar-refractivity contribution < 1.29 is 8.78 Å². The highest BCUT2D eigenvalue weighted by atomic mass is 19.2. The Bertz CT molecular complexity index is 448. The molecule has 2 rings (SSSR count). The molecule has 1 aliphatic heterocycles. The fraction of sp³-hybridized carbons (Fsp3) is 0.625. The van der Waals surface area contributed by atoms with Crippen LogP contribution >= 0.6 is 0 Å². The van der Waals surface area contributed by atoms with Crippen LogP contribution in [0.15, 0.2) is 18.2 Å². The smallest absolute Gasteiger partial charge is 0.163 e. The minimum absolute atomic E-state index is 0.283. The van der Waals surface area contributed by atoms with Gasteiger partial charge in [0, 0.05) is 24.2 Å². The molecule has 4 heteroatoms. The number of hydrogen-bond donors (Lipinski definition) is 1. The summed E-state index contributed by atoms with van der Waals surface area (Å²) >= 11 is 0. The molecule has 2 unspecified atom stereocenters. The summed E-state index contributed by atoms with van der Waals surface area (Å²) in [5, 5.41) is 0. The Balaban J connectivity index is 1.95. The molecular formula is C16H24F2N2. The van der Waals surface area contributed by atoms with Gasteiger partial charge in [-0.05, 0) is 37.8 Å². The van der Waals surface area contributed by atoms with Crippen LogP contribution in [-0.2, 0) is 0 Å². The highest BCUT2D eigenvalue weighted by molar-refractivity contribution is 5.22. The molecule has 1 saturated heterocycles. The third kappa shape index (κ3) is 3.36. The molecule has 0 spiro atoms. The quantitative estimate of drug-likeness (QED) is 0.896. The van der Waals surface area contributed by atoms with E-state index >= 15 is 0 Å². The third-order valence-electron chi connectivity index (χ3n) is 4.29. The van der Waals surface area contributed by atoms with Crippen molar-refractivity contribution in [3.8, 4) is 0 Å². The minimum atomic E-state index is -0.820. The van der Waals surface area contributed by atoms with Crippen molar-refractivity contribution in [2.75, 3.05) is 13.1 Å². The largest absolute Gasteiger partial charge is 0.324 e. The maximum atomic E-state index is 13.7. The van der Waals surface area contributed by atoms with E-state index in [1.165, 1.54) is 18.9 Å². The Morgan fingerprint density at radius 3 is 2.80 bits per heavy atom. The second kappa shape index (κ2) is 6.64. The third-order valence-corrected chi connectivity index (χ3v) is 4.29. The van der Waals surface area contributed by atoms with Crippen molar-refractivity contribution >= 4 is 0 Å². The van der Waals surface area contributed by atoms with Crippen LogP contribution in [-0.4, -0.2) is 24.0 Å². The standard InChI is InChI=1S/C16H24F2N2/c1-11(2)15-7-4-9-20(15)10-8-14(19)12-5-3-6-13(17)16(12)18/h3,5-6,11,14-15H,4,7-10,19H2,1-2H3. The van der Waals surface area contributed by atoms with E-state index in [0.717, 1.165) is 19.2 Å². The molecule has 2 N–H and O–H groups in total. The van der Waals surface area contributed by atoms with Gasteiger partial charge in [0.2, 0.25) is 0 Å². The van der Waals surface area contributed by atoms with Gasteiger partial charge in [0.15, 0.2) is 11.6 Å². The second-order valence-corrected chi connectivity index (χ2v) is 6.03. The summed E-state index contributed by atoms with van der Waals surface area (Å²) < 4.78 is 26.9. The Labute approximate surface area is 120 Å². The Morgan fingerprint density at radius 1 is 1.35 bits per heavy atom. The fourth-order valence-corrected chi connectivity index (χ4v) is 3.15. The van der Waals surface area contributed by atoms with Crippen molar-refractivity contribution in [3.63, 3.8) is 0 Å². The Hall–Kier alpha value is -1.00. The van der Waals surface area contributed by atoms with E-state index in [9.17, 15) is 8.78 Å². The lowest BCUT2D eigenvalue weighted by Gasteiger charge is -2.28. The van der Waals surface area contributed by atoms with Crippen LogP contribution < -0.4 is 5.73 Å². The van der Waals surface area contributed by atoms with Crippen LogP contribution in [0.5, 0.6) is 0 Å². The predicted octanol–water partition coefficient (Wildman–Crippen LogP) is 3.48. The van der Waals surface area contributed by atoms with Crippen LogP contribution in [0.4, 0.5) is 8.78 Å². The average molecular weight is 282 g/mol. The van der Waals surface area contributed by atoms with E-state index in [2.05, 4.69) is 18.7 Å². The lowest BCUT2D eigenvalue weighted by atomic mass is 10.0. The molecule has 1 aromatic rings. The molecule has 1 fully saturated rings. The van der Waals surface area contributed by atoms with E-state index in [4.69, 9.17) is 5.73 Å². The maximum Gasteiger partial charge on any atom is 0.163 e. The van der Waals surface area contributed by atoms with Crippen molar-refractivity contribution in [3.05, 3.63) is 35.4 Å². The van der Waals surface area contributed by atoms with Crippen molar-refractivity contribution in [1.82, 2.24) is 4.90 Å². The first-order valence-corrected chi connectivity index (χ1v) is 7.44. The van der Waals surface area contributed by atoms with Crippen molar-refractivity contribution in [2.45, 2.75) is 45.2 Å². The molecule has 0 aromatic heterocycles. The first-order valence-electron chi connectivity index (χ1n) is 7.44. The van der Waals surface area contributed by atoms with Crippen LogP contribution in [0.3, 0.4) is 0 Å². The number of nitrogens with two attached hydrogens (primary N) is 1. The normalized spacial score (nSPS) is 21.6. The number of hydrogen-bond acceptors (Lipinski definition) is 2. The SMILES string of the molecule is CC(C)C1CCCN1CCC(N)c1cccc(F)c1F. The summed E-state index contributed by atoms with van der Waals surface area (Å²) in [6.07, 6.45) is 3.09. The van der Waals surface area contributed by atoms with Gasteiger partial charge < -0.3 is 10.6 Å². The highest BCUT2D eigenvalue weighted by Crippen LogP contribution is 2.26. The zero-order valence-electron chi connectivity index (χ0n) is 12.3. The molecule has 0 amide bonds. The lowest BCUT2D eigenvalue weighted by molar-refractivity contribution is 0.200. The molecule has 1 heterocycles. The molecular weight excluding hydrogens is 258 g/mol. The molecule has 0 radical (unpaired) electrons. The van der Waals surface area contributed by atoms with E-state index < -0.39 is 17.7 Å². The second-order valence-electron chi connectivity index (χ2n) is 6.03. The first-order chi connectivity index (χ1) is 9.50. The van der Waals surface area contributed by atoms with Gasteiger partial charge in [0.25, 0.3) is 0 Å². The van der Waals surface area contributed by atoms with Crippen molar-refractivity contribution in [1.29, 1.82) is 0 Å². The zero-order chi connectivity index (χ0) is 14.7. The molecule has 2 nitrogen and oxygen atoms in total. The minimum Gasteiger partial charge on any atom is -0.324 e. The summed E-state index contributed by atoms with van der Waals surface area (Å²) in [4.78, 5) is 2.43. The number of halogens is 2. The molecule has 20 heavy (non-hydrogen) atoms. The molecule has 2 atom stereocenters. The number of likely N-dealkylation sites (tertiary alicyclic amines) is 1. The molecule has 0 saturated carbocycles. The van der Waals surface area contributed by atoms with Gasteiger partial charge in [0.05, 0.1) is 0 Å². The monoisotopic (exact) mass is 282 g/mol. The van der Waals surface area contributed by atoms with Gasteiger partial charge in [-0.15, -0.1) is 0 Å². The van der Waals surface area contributed by atoms with Gasteiger partial charge in [-0.25, -0.2) is 8.78 Å². The first kappa shape index (κ1) is 15.4. The average Bonchev–Trinajstić information content (AvgIpc) is 2.87. The Kier molecular flexibility index (Phi) is 5.11. The molecule has 1 aromatic carbocycles. The summed E-state index contributed by atoms with van der Waals surface area (Å²) in [6.45, 7) is 6.39. The molecule has 1 aliphatic rings. The molecule has 0 aliphatic carbocycles. The molecule has 0 bridgehead atoms. The van der Waals surface area contributed by atoms with Crippen molar-refractivity contribution in [2.24, 2.45) is 11.7 Å².